The van der Waals surface area contributed by atoms with Crippen molar-refractivity contribution in [1.82, 2.24) is 0 Å². The van der Waals surface area contributed by atoms with Crippen LogP contribution in [0.1, 0.15) is 0 Å². The zero-order valence-electron chi connectivity index (χ0n) is 6.54. The summed E-state index contributed by atoms with van der Waals surface area (Å²) in [5.74, 6) is 0. The second-order valence-electron chi connectivity index (χ2n) is 2.53. The maximum atomic E-state index is 9.04. The van der Waals surface area contributed by atoms with E-state index in [4.69, 9.17) is 31.3 Å². The van der Waals surface area contributed by atoms with Gasteiger partial charge in [-0.3, -0.25) is 0 Å². The molecule has 0 spiro atoms. The summed E-state index contributed by atoms with van der Waals surface area (Å²) in [6.45, 7) is -0.911. The van der Waals surface area contributed by atoms with Gasteiger partial charge in [0, 0.05) is 6.54 Å². The molecule has 0 aromatic heterocycles. The molecular formula is C6H16NNaO5. The van der Waals surface area contributed by atoms with Gasteiger partial charge in [-0.1, -0.05) is 0 Å². The molecule has 0 saturated carbocycles. The fourth-order valence-electron chi connectivity index (χ4n) is 0.703. The van der Waals surface area contributed by atoms with Crippen molar-refractivity contribution in [3.8, 4) is 0 Å². The molecule has 0 aliphatic heterocycles. The van der Waals surface area contributed by atoms with Crippen molar-refractivity contribution in [1.29, 1.82) is 0 Å². The van der Waals surface area contributed by atoms with Gasteiger partial charge >= 0.3 is 29.6 Å². The van der Waals surface area contributed by atoms with E-state index in [0.717, 1.165) is 0 Å². The number of aliphatic hydroxyl groups is 5. The maximum absolute atomic E-state index is 9.04. The van der Waals surface area contributed by atoms with Gasteiger partial charge in [-0.05, 0) is 0 Å². The third kappa shape index (κ3) is 5.26. The first-order chi connectivity index (χ1) is 5.54. The fraction of sp³-hybridized carbons (Fsp3) is 1.00. The normalized spacial score (nSPS) is 19.8. The molecule has 0 rings (SSSR count). The van der Waals surface area contributed by atoms with Crippen LogP contribution in [0, 0.1) is 0 Å². The van der Waals surface area contributed by atoms with Gasteiger partial charge in [0.2, 0.25) is 0 Å². The Balaban J connectivity index is 0. The second kappa shape index (κ2) is 8.10. The molecule has 76 valence electrons. The molecule has 0 aromatic rings. The average molecular weight is 205 g/mol. The van der Waals surface area contributed by atoms with Crippen LogP contribution in [0.25, 0.3) is 0 Å². The Morgan fingerprint density at radius 2 is 1.31 bits per heavy atom. The Morgan fingerprint density at radius 3 is 1.62 bits per heavy atom. The molecule has 0 bridgehead atoms. The quantitative estimate of drug-likeness (QED) is 0.252. The predicted octanol–water partition coefficient (Wildman–Crippen LogP) is -4.27. The zero-order chi connectivity index (χ0) is 9.72. The summed E-state index contributed by atoms with van der Waals surface area (Å²) in [6, 6.07) is 0. The molecule has 0 aliphatic rings. The van der Waals surface area contributed by atoms with Gasteiger partial charge in [0.1, 0.15) is 18.3 Å². The Bertz CT molecular complexity index is 114. The predicted molar refractivity (Wildman–Crippen MR) is 47.3 cm³/mol. The topological polar surface area (TPSA) is 127 Å². The van der Waals surface area contributed by atoms with Gasteiger partial charge in [-0.2, -0.15) is 0 Å². The number of hydrogen-bond donors (Lipinski definition) is 6. The van der Waals surface area contributed by atoms with Gasteiger partial charge in [-0.25, -0.2) is 0 Å². The van der Waals surface area contributed by atoms with Crippen LogP contribution in [-0.4, -0.2) is 92.7 Å². The first kappa shape index (κ1) is 16.2. The van der Waals surface area contributed by atoms with Crippen molar-refractivity contribution in [2.45, 2.75) is 24.4 Å². The van der Waals surface area contributed by atoms with E-state index in [-0.39, 0.29) is 36.1 Å². The van der Waals surface area contributed by atoms with E-state index in [0.29, 0.717) is 0 Å². The summed E-state index contributed by atoms with van der Waals surface area (Å²) in [5, 5.41) is 44.2. The summed E-state index contributed by atoms with van der Waals surface area (Å²) in [4.78, 5) is 0. The Hall–Kier alpha value is 0.760. The minimum absolute atomic E-state index is 0. The first-order valence-corrected chi connectivity index (χ1v) is 3.57. The molecule has 0 heterocycles. The van der Waals surface area contributed by atoms with Crippen LogP contribution >= 0.6 is 0 Å². The summed E-state index contributed by atoms with van der Waals surface area (Å²) in [6.07, 6.45) is -5.91. The van der Waals surface area contributed by atoms with Gasteiger partial charge in [0.25, 0.3) is 0 Å². The number of nitrogens with two attached hydrogens (primary N) is 1. The van der Waals surface area contributed by atoms with Crippen LogP contribution in [0.2, 0.25) is 0 Å². The van der Waals surface area contributed by atoms with E-state index in [2.05, 4.69) is 0 Å². The van der Waals surface area contributed by atoms with Crippen molar-refractivity contribution in [3.63, 3.8) is 0 Å². The standard InChI is InChI=1S/C6H15NO5.Na.H/c7-1-3(9)5(11)6(12)4(10)2-8;;/h3-6,8-12H,1-2,7H2;;/t3-,4+,5+,6+;;/m0../s1. The monoisotopic (exact) mass is 205 g/mol. The van der Waals surface area contributed by atoms with Crippen LogP contribution < -0.4 is 5.73 Å². The zero-order valence-corrected chi connectivity index (χ0v) is 6.54. The van der Waals surface area contributed by atoms with Crippen LogP contribution in [0.15, 0.2) is 0 Å². The number of rotatable bonds is 5. The molecule has 6 nitrogen and oxygen atoms in total. The van der Waals surface area contributed by atoms with Crippen LogP contribution in [0.5, 0.6) is 0 Å². The van der Waals surface area contributed by atoms with Gasteiger partial charge in [0.05, 0.1) is 12.7 Å². The molecule has 7 heteroatoms. The van der Waals surface area contributed by atoms with E-state index in [1.807, 2.05) is 0 Å². The molecule has 0 amide bonds. The van der Waals surface area contributed by atoms with Gasteiger partial charge < -0.3 is 31.3 Å². The van der Waals surface area contributed by atoms with E-state index < -0.39 is 31.0 Å². The van der Waals surface area contributed by atoms with E-state index >= 15 is 0 Å². The van der Waals surface area contributed by atoms with Gasteiger partial charge in [0.15, 0.2) is 0 Å². The molecule has 0 fully saturated rings. The van der Waals surface area contributed by atoms with Gasteiger partial charge in [-0.15, -0.1) is 0 Å². The van der Waals surface area contributed by atoms with E-state index in [1.165, 1.54) is 0 Å². The van der Waals surface area contributed by atoms with Crippen LogP contribution in [0.3, 0.4) is 0 Å². The summed E-state index contributed by atoms with van der Waals surface area (Å²) < 4.78 is 0. The van der Waals surface area contributed by atoms with E-state index in [9.17, 15) is 0 Å². The van der Waals surface area contributed by atoms with Crippen molar-refractivity contribution < 1.29 is 25.5 Å². The van der Waals surface area contributed by atoms with Crippen LogP contribution in [-0.2, 0) is 0 Å². The van der Waals surface area contributed by atoms with Crippen LogP contribution in [0.4, 0.5) is 0 Å². The molecule has 0 aromatic carbocycles. The summed E-state index contributed by atoms with van der Waals surface area (Å²) in [5.41, 5.74) is 4.99. The molecule has 0 saturated heterocycles. The van der Waals surface area contributed by atoms with E-state index in [1.54, 1.807) is 0 Å². The molecule has 0 radical (unpaired) electrons. The van der Waals surface area contributed by atoms with Crippen molar-refractivity contribution >= 4 is 29.6 Å². The molecule has 4 atom stereocenters. The molecule has 13 heavy (non-hydrogen) atoms. The number of aliphatic hydroxyl groups excluding tert-OH is 5. The summed E-state index contributed by atoms with van der Waals surface area (Å²) in [7, 11) is 0. The fourth-order valence-corrected chi connectivity index (χ4v) is 0.703. The summed E-state index contributed by atoms with van der Waals surface area (Å²) >= 11 is 0. The first-order valence-electron chi connectivity index (χ1n) is 3.57. The SMILES string of the molecule is NC[C@H](O)[C@@H](O)[C@H](O)[C@H](O)CO.[NaH]. The third-order valence-electron chi connectivity index (χ3n) is 1.57. The molecular weight excluding hydrogens is 189 g/mol. The number of hydrogen-bond acceptors (Lipinski definition) is 6. The Labute approximate surface area is 98.3 Å². The van der Waals surface area contributed by atoms with Crippen molar-refractivity contribution in [2.75, 3.05) is 13.2 Å². The Morgan fingerprint density at radius 1 is 0.923 bits per heavy atom. The molecule has 0 aliphatic carbocycles. The molecule has 7 N–H and O–H groups in total. The molecule has 0 unspecified atom stereocenters. The second-order valence-corrected chi connectivity index (χ2v) is 2.53. The minimum atomic E-state index is -1.59. The third-order valence-corrected chi connectivity index (χ3v) is 1.57. The van der Waals surface area contributed by atoms with Crippen molar-refractivity contribution in [2.24, 2.45) is 5.73 Å². The Kier molecular flexibility index (Phi) is 10.1. The van der Waals surface area contributed by atoms with Crippen molar-refractivity contribution in [3.05, 3.63) is 0 Å². The average Bonchev–Trinajstić information content (AvgIpc) is 2.12.